The first-order valence-electron chi connectivity index (χ1n) is 7.65. The molecule has 0 radical (unpaired) electrons. The van der Waals surface area contributed by atoms with Crippen molar-refractivity contribution in [1.82, 2.24) is 9.97 Å². The van der Waals surface area contributed by atoms with Gasteiger partial charge in [0.25, 0.3) is 0 Å². The van der Waals surface area contributed by atoms with Gasteiger partial charge in [-0.05, 0) is 24.3 Å². The average Bonchev–Trinajstić information content (AvgIpc) is 2.61. The zero-order valence-corrected chi connectivity index (χ0v) is 13.4. The summed E-state index contributed by atoms with van der Waals surface area (Å²) in [5.41, 5.74) is -0.0356. The molecule has 8 heteroatoms. The standard InChI is InChI=1S/C18H14F4N4/c19-15-7-2-1-4-12(15)10-23-16-9-17(25-11-24-16)26-14-6-3-5-13(8-14)18(20,21)22/h1-9,11H,10H2,(H2,23,24,25,26). The molecule has 0 saturated carbocycles. The zero-order chi connectivity index (χ0) is 18.6. The van der Waals surface area contributed by atoms with Crippen molar-refractivity contribution in [3.8, 4) is 0 Å². The number of rotatable bonds is 5. The number of aromatic nitrogens is 2. The fraction of sp³-hybridized carbons (Fsp3) is 0.111. The number of anilines is 3. The van der Waals surface area contributed by atoms with Gasteiger partial charge in [-0.3, -0.25) is 0 Å². The first-order valence-corrected chi connectivity index (χ1v) is 7.65. The van der Waals surface area contributed by atoms with Crippen LogP contribution in [0.1, 0.15) is 11.1 Å². The van der Waals surface area contributed by atoms with E-state index < -0.39 is 11.7 Å². The molecule has 0 spiro atoms. The van der Waals surface area contributed by atoms with Gasteiger partial charge in [0, 0.05) is 23.9 Å². The number of nitrogens with one attached hydrogen (secondary N) is 2. The number of nitrogens with zero attached hydrogens (tertiary/aromatic N) is 2. The number of benzene rings is 2. The molecule has 0 fully saturated rings. The van der Waals surface area contributed by atoms with Gasteiger partial charge in [0.1, 0.15) is 23.8 Å². The summed E-state index contributed by atoms with van der Waals surface area (Å²) in [6.45, 7) is 0.215. The van der Waals surface area contributed by atoms with E-state index in [0.717, 1.165) is 12.1 Å². The topological polar surface area (TPSA) is 49.8 Å². The van der Waals surface area contributed by atoms with Gasteiger partial charge in [-0.2, -0.15) is 13.2 Å². The largest absolute Gasteiger partial charge is 0.416 e. The smallest absolute Gasteiger partial charge is 0.366 e. The Morgan fingerprint density at radius 2 is 1.65 bits per heavy atom. The lowest BCUT2D eigenvalue weighted by atomic mass is 10.2. The van der Waals surface area contributed by atoms with Crippen LogP contribution < -0.4 is 10.6 Å². The fourth-order valence-electron chi connectivity index (χ4n) is 2.27. The van der Waals surface area contributed by atoms with Gasteiger partial charge < -0.3 is 10.6 Å². The summed E-state index contributed by atoms with van der Waals surface area (Å²) in [6.07, 6.45) is -3.16. The molecule has 2 N–H and O–H groups in total. The Morgan fingerprint density at radius 1 is 0.885 bits per heavy atom. The van der Waals surface area contributed by atoms with Crippen LogP contribution in [0.4, 0.5) is 34.9 Å². The number of alkyl halides is 3. The highest BCUT2D eigenvalue weighted by Crippen LogP contribution is 2.31. The molecule has 26 heavy (non-hydrogen) atoms. The predicted molar refractivity (Wildman–Crippen MR) is 90.5 cm³/mol. The third kappa shape index (κ3) is 4.47. The van der Waals surface area contributed by atoms with E-state index in [2.05, 4.69) is 20.6 Å². The van der Waals surface area contributed by atoms with Crippen molar-refractivity contribution < 1.29 is 17.6 Å². The summed E-state index contributed by atoms with van der Waals surface area (Å²) < 4.78 is 51.9. The van der Waals surface area contributed by atoms with Crippen molar-refractivity contribution in [3.63, 3.8) is 0 Å². The molecule has 0 unspecified atom stereocenters. The highest BCUT2D eigenvalue weighted by atomic mass is 19.4. The molecule has 0 saturated heterocycles. The van der Waals surface area contributed by atoms with Gasteiger partial charge in [-0.25, -0.2) is 14.4 Å². The van der Waals surface area contributed by atoms with Gasteiger partial charge in [0.15, 0.2) is 0 Å². The second-order valence-corrected chi connectivity index (χ2v) is 5.44. The van der Waals surface area contributed by atoms with Crippen LogP contribution in [0.2, 0.25) is 0 Å². The molecule has 0 aliphatic heterocycles. The van der Waals surface area contributed by atoms with E-state index in [9.17, 15) is 17.6 Å². The zero-order valence-electron chi connectivity index (χ0n) is 13.4. The number of hydrogen-bond donors (Lipinski definition) is 2. The van der Waals surface area contributed by atoms with Crippen LogP contribution in [0.15, 0.2) is 60.9 Å². The third-order valence-corrected chi connectivity index (χ3v) is 3.55. The van der Waals surface area contributed by atoms with Crippen molar-refractivity contribution in [1.29, 1.82) is 0 Å². The molecule has 0 aliphatic rings. The van der Waals surface area contributed by atoms with E-state index in [1.807, 2.05) is 0 Å². The summed E-state index contributed by atoms with van der Waals surface area (Å²) in [5.74, 6) is 0.393. The summed E-state index contributed by atoms with van der Waals surface area (Å²) in [5, 5.41) is 5.75. The minimum absolute atomic E-state index is 0.215. The number of hydrogen-bond acceptors (Lipinski definition) is 4. The highest BCUT2D eigenvalue weighted by Gasteiger charge is 2.30. The Kier molecular flexibility index (Phi) is 5.01. The molecule has 4 nitrogen and oxygen atoms in total. The predicted octanol–water partition coefficient (Wildman–Crippen LogP) is 4.99. The van der Waals surface area contributed by atoms with Gasteiger partial charge in [0.2, 0.25) is 0 Å². The molecule has 0 atom stereocenters. The van der Waals surface area contributed by atoms with Crippen LogP contribution in [-0.2, 0) is 12.7 Å². The lowest BCUT2D eigenvalue weighted by Crippen LogP contribution is -2.06. The molecule has 3 aromatic rings. The van der Waals surface area contributed by atoms with Gasteiger partial charge in [0.05, 0.1) is 5.56 Å². The van der Waals surface area contributed by atoms with E-state index in [4.69, 9.17) is 0 Å². The second-order valence-electron chi connectivity index (χ2n) is 5.44. The summed E-state index contributed by atoms with van der Waals surface area (Å²) in [6, 6.07) is 12.7. The highest BCUT2D eigenvalue weighted by molar-refractivity contribution is 5.59. The minimum Gasteiger partial charge on any atom is -0.366 e. The van der Waals surface area contributed by atoms with E-state index >= 15 is 0 Å². The van der Waals surface area contributed by atoms with Crippen LogP contribution in [0, 0.1) is 5.82 Å². The Balaban J connectivity index is 1.71. The molecule has 1 aromatic heterocycles. The van der Waals surface area contributed by atoms with Crippen molar-refractivity contribution in [3.05, 3.63) is 77.9 Å². The van der Waals surface area contributed by atoms with E-state index in [1.54, 1.807) is 18.2 Å². The van der Waals surface area contributed by atoms with Crippen molar-refractivity contribution in [2.45, 2.75) is 12.7 Å². The summed E-state index contributed by atoms with van der Waals surface area (Å²) in [7, 11) is 0. The van der Waals surface area contributed by atoms with Gasteiger partial charge >= 0.3 is 6.18 Å². The molecular formula is C18H14F4N4. The lowest BCUT2D eigenvalue weighted by molar-refractivity contribution is -0.137. The third-order valence-electron chi connectivity index (χ3n) is 3.55. The van der Waals surface area contributed by atoms with Crippen molar-refractivity contribution in [2.24, 2.45) is 0 Å². The van der Waals surface area contributed by atoms with Crippen molar-refractivity contribution >= 4 is 17.3 Å². The van der Waals surface area contributed by atoms with Crippen molar-refractivity contribution in [2.75, 3.05) is 10.6 Å². The number of halogens is 4. The molecule has 0 aliphatic carbocycles. The molecule has 2 aromatic carbocycles. The molecule has 134 valence electrons. The van der Waals surface area contributed by atoms with E-state index in [-0.39, 0.29) is 18.0 Å². The SMILES string of the molecule is Fc1ccccc1CNc1cc(Nc2cccc(C(F)(F)F)c2)ncn1. The van der Waals surface area contributed by atoms with E-state index in [0.29, 0.717) is 17.2 Å². The lowest BCUT2D eigenvalue weighted by Gasteiger charge is -2.11. The summed E-state index contributed by atoms with van der Waals surface area (Å²) >= 11 is 0. The minimum atomic E-state index is -4.42. The second kappa shape index (κ2) is 7.38. The normalized spacial score (nSPS) is 11.2. The maximum Gasteiger partial charge on any atom is 0.416 e. The monoisotopic (exact) mass is 362 g/mol. The Bertz CT molecular complexity index is 896. The fourth-order valence-corrected chi connectivity index (χ4v) is 2.27. The molecule has 0 bridgehead atoms. The van der Waals surface area contributed by atoms with Gasteiger partial charge in [-0.1, -0.05) is 24.3 Å². The molecule has 1 heterocycles. The Labute approximate surface area is 146 Å². The van der Waals surface area contributed by atoms with Gasteiger partial charge in [-0.15, -0.1) is 0 Å². The van der Waals surface area contributed by atoms with Crippen LogP contribution >= 0.6 is 0 Å². The molecule has 3 rings (SSSR count). The van der Waals surface area contributed by atoms with Crippen LogP contribution in [0.3, 0.4) is 0 Å². The van der Waals surface area contributed by atoms with E-state index in [1.165, 1.54) is 30.6 Å². The first-order chi connectivity index (χ1) is 12.4. The quantitative estimate of drug-likeness (QED) is 0.628. The molecular weight excluding hydrogens is 348 g/mol. The Hall–Kier alpha value is -3.16. The van der Waals surface area contributed by atoms with Crippen LogP contribution in [0.5, 0.6) is 0 Å². The maximum atomic E-state index is 13.6. The summed E-state index contributed by atoms with van der Waals surface area (Å²) in [4.78, 5) is 8.00. The molecule has 0 amide bonds. The van der Waals surface area contributed by atoms with Crippen LogP contribution in [0.25, 0.3) is 0 Å². The van der Waals surface area contributed by atoms with Crippen LogP contribution in [-0.4, -0.2) is 9.97 Å². The average molecular weight is 362 g/mol. The Morgan fingerprint density at radius 3 is 2.42 bits per heavy atom. The first kappa shape index (κ1) is 17.7. The maximum absolute atomic E-state index is 13.6.